The molecular formula is C17H29N3O2. The number of nitrogens with one attached hydrogen (secondary N) is 1. The summed E-state index contributed by atoms with van der Waals surface area (Å²) in [7, 11) is 0. The van der Waals surface area contributed by atoms with Gasteiger partial charge in [0.2, 0.25) is 5.91 Å². The Morgan fingerprint density at radius 2 is 1.68 bits per heavy atom. The summed E-state index contributed by atoms with van der Waals surface area (Å²) in [6, 6.07) is -0.0356. The molecule has 3 aliphatic rings. The smallest absolute Gasteiger partial charge is 0.318 e. The molecule has 0 aromatic carbocycles. The number of piperidine rings is 1. The first kappa shape index (κ1) is 15.6. The lowest BCUT2D eigenvalue weighted by atomic mass is 9.79. The van der Waals surface area contributed by atoms with Crippen molar-refractivity contribution in [2.24, 2.45) is 5.92 Å². The van der Waals surface area contributed by atoms with Gasteiger partial charge in [-0.3, -0.25) is 4.79 Å². The maximum Gasteiger partial charge on any atom is 0.318 e. The number of amides is 3. The zero-order valence-electron chi connectivity index (χ0n) is 13.7. The fourth-order valence-corrected chi connectivity index (χ4v) is 4.08. The van der Waals surface area contributed by atoms with Crippen molar-refractivity contribution in [3.8, 4) is 0 Å². The molecule has 0 radical (unpaired) electrons. The summed E-state index contributed by atoms with van der Waals surface area (Å²) >= 11 is 0. The van der Waals surface area contributed by atoms with Crippen LogP contribution in [0.25, 0.3) is 0 Å². The second-order valence-electron chi connectivity index (χ2n) is 7.15. The minimum absolute atomic E-state index is 0.0349. The maximum absolute atomic E-state index is 12.5. The van der Waals surface area contributed by atoms with Crippen LogP contribution in [-0.2, 0) is 4.79 Å². The highest BCUT2D eigenvalue weighted by Crippen LogP contribution is 2.37. The Balaban J connectivity index is 1.52. The minimum Gasteiger partial charge on any atom is -0.341 e. The van der Waals surface area contributed by atoms with Crippen molar-refractivity contribution in [2.45, 2.75) is 70.4 Å². The number of carbonyl (C=O) groups excluding carboxylic acids is 2. The molecule has 124 valence electrons. The van der Waals surface area contributed by atoms with E-state index < -0.39 is 6.04 Å². The van der Waals surface area contributed by atoms with Gasteiger partial charge in [-0.05, 0) is 57.8 Å². The molecule has 0 unspecified atom stereocenters. The predicted molar refractivity (Wildman–Crippen MR) is 85.5 cm³/mol. The summed E-state index contributed by atoms with van der Waals surface area (Å²) in [5, 5.41) is 2.95. The van der Waals surface area contributed by atoms with E-state index >= 15 is 0 Å². The molecule has 2 aliphatic heterocycles. The summed E-state index contributed by atoms with van der Waals surface area (Å²) in [6.45, 7) is 4.35. The van der Waals surface area contributed by atoms with E-state index in [0.717, 1.165) is 45.3 Å². The third-order valence-corrected chi connectivity index (χ3v) is 5.63. The molecule has 3 amide bonds. The Labute approximate surface area is 133 Å². The Morgan fingerprint density at radius 1 is 0.955 bits per heavy atom. The molecule has 1 saturated carbocycles. The van der Waals surface area contributed by atoms with Gasteiger partial charge < -0.3 is 15.1 Å². The quantitative estimate of drug-likeness (QED) is 0.870. The van der Waals surface area contributed by atoms with Gasteiger partial charge in [0.05, 0.1) is 0 Å². The number of rotatable bonds is 3. The lowest BCUT2D eigenvalue weighted by Gasteiger charge is -2.37. The number of nitrogens with zero attached hydrogens (tertiary/aromatic N) is 2. The van der Waals surface area contributed by atoms with Gasteiger partial charge in [-0.25, -0.2) is 4.79 Å². The Morgan fingerprint density at radius 3 is 2.32 bits per heavy atom. The molecule has 0 spiro atoms. The van der Waals surface area contributed by atoms with Crippen LogP contribution < -0.4 is 5.32 Å². The van der Waals surface area contributed by atoms with Crippen molar-refractivity contribution in [1.82, 2.24) is 15.1 Å². The second-order valence-corrected chi connectivity index (χ2v) is 7.15. The second kappa shape index (κ2) is 6.88. The third kappa shape index (κ3) is 3.23. The first-order valence-corrected chi connectivity index (χ1v) is 9.03. The summed E-state index contributed by atoms with van der Waals surface area (Å²) in [5.41, 5.74) is 0. The SMILES string of the molecule is C[C@@H](NC(=O)N1CCC[C@H]1C1CCC1)C(=O)N1CCCCC1. The van der Waals surface area contributed by atoms with Crippen LogP contribution in [0.1, 0.15) is 58.3 Å². The average Bonchev–Trinajstić information content (AvgIpc) is 2.94. The molecule has 3 rings (SSSR count). The van der Waals surface area contributed by atoms with Gasteiger partial charge in [0.1, 0.15) is 6.04 Å². The molecule has 0 bridgehead atoms. The van der Waals surface area contributed by atoms with Crippen molar-refractivity contribution in [2.75, 3.05) is 19.6 Å². The van der Waals surface area contributed by atoms with Crippen molar-refractivity contribution >= 4 is 11.9 Å². The average molecular weight is 307 g/mol. The van der Waals surface area contributed by atoms with Crippen LogP contribution in [0.15, 0.2) is 0 Å². The highest BCUT2D eigenvalue weighted by atomic mass is 16.2. The van der Waals surface area contributed by atoms with Crippen LogP contribution in [0.5, 0.6) is 0 Å². The van der Waals surface area contributed by atoms with Crippen LogP contribution in [0.2, 0.25) is 0 Å². The van der Waals surface area contributed by atoms with Gasteiger partial charge in [0.15, 0.2) is 0 Å². The van der Waals surface area contributed by atoms with Gasteiger partial charge in [-0.1, -0.05) is 6.42 Å². The van der Waals surface area contributed by atoms with Crippen LogP contribution >= 0.6 is 0 Å². The molecule has 1 aliphatic carbocycles. The van der Waals surface area contributed by atoms with Gasteiger partial charge >= 0.3 is 6.03 Å². The summed E-state index contributed by atoms with van der Waals surface area (Å²) < 4.78 is 0. The zero-order chi connectivity index (χ0) is 15.5. The van der Waals surface area contributed by atoms with E-state index in [0.29, 0.717) is 12.0 Å². The Kier molecular flexibility index (Phi) is 4.89. The van der Waals surface area contributed by atoms with Gasteiger partial charge in [0, 0.05) is 25.7 Å². The number of urea groups is 1. The highest BCUT2D eigenvalue weighted by molar-refractivity contribution is 5.87. The van der Waals surface area contributed by atoms with Gasteiger partial charge in [-0.2, -0.15) is 0 Å². The molecule has 0 aromatic heterocycles. The van der Waals surface area contributed by atoms with Crippen LogP contribution in [0.3, 0.4) is 0 Å². The van der Waals surface area contributed by atoms with E-state index in [1.165, 1.54) is 25.7 Å². The van der Waals surface area contributed by atoms with E-state index in [-0.39, 0.29) is 11.9 Å². The molecule has 3 fully saturated rings. The van der Waals surface area contributed by atoms with Crippen molar-refractivity contribution in [3.05, 3.63) is 0 Å². The van der Waals surface area contributed by atoms with Crippen molar-refractivity contribution < 1.29 is 9.59 Å². The molecular weight excluding hydrogens is 278 g/mol. The highest BCUT2D eigenvalue weighted by Gasteiger charge is 2.38. The molecule has 1 N–H and O–H groups in total. The first-order chi connectivity index (χ1) is 10.7. The maximum atomic E-state index is 12.5. The molecule has 0 aromatic rings. The van der Waals surface area contributed by atoms with Gasteiger partial charge in [-0.15, -0.1) is 0 Å². The van der Waals surface area contributed by atoms with Crippen LogP contribution in [0, 0.1) is 5.92 Å². The largest absolute Gasteiger partial charge is 0.341 e. The number of likely N-dealkylation sites (tertiary alicyclic amines) is 2. The van der Waals surface area contributed by atoms with E-state index in [9.17, 15) is 9.59 Å². The van der Waals surface area contributed by atoms with E-state index in [4.69, 9.17) is 0 Å². The van der Waals surface area contributed by atoms with Crippen molar-refractivity contribution in [1.29, 1.82) is 0 Å². The molecule has 2 saturated heterocycles. The molecule has 5 nitrogen and oxygen atoms in total. The predicted octanol–water partition coefficient (Wildman–Crippen LogP) is 2.36. The standard InChI is InChI=1S/C17H29N3O2/c1-13(16(21)19-10-3-2-4-11-19)18-17(22)20-12-6-9-15(20)14-7-5-8-14/h13-15H,2-12H2,1H3,(H,18,22)/t13-,15+/m1/s1. The Hall–Kier alpha value is -1.26. The number of hydrogen-bond donors (Lipinski definition) is 1. The van der Waals surface area contributed by atoms with Crippen LogP contribution in [-0.4, -0.2) is 53.5 Å². The van der Waals surface area contributed by atoms with Crippen LogP contribution in [0.4, 0.5) is 4.79 Å². The lowest BCUT2D eigenvalue weighted by Crippen LogP contribution is -2.54. The molecule has 5 heteroatoms. The number of hydrogen-bond acceptors (Lipinski definition) is 2. The molecule has 2 atom stereocenters. The van der Waals surface area contributed by atoms with E-state index in [1.807, 2.05) is 16.7 Å². The topological polar surface area (TPSA) is 52.7 Å². The zero-order valence-corrected chi connectivity index (χ0v) is 13.7. The summed E-state index contributed by atoms with van der Waals surface area (Å²) in [6.07, 6.45) is 9.44. The third-order valence-electron chi connectivity index (χ3n) is 5.63. The molecule has 2 heterocycles. The van der Waals surface area contributed by atoms with E-state index in [1.54, 1.807) is 0 Å². The summed E-state index contributed by atoms with van der Waals surface area (Å²) in [4.78, 5) is 28.9. The Bertz CT molecular complexity index is 416. The van der Waals surface area contributed by atoms with Gasteiger partial charge in [0.25, 0.3) is 0 Å². The monoisotopic (exact) mass is 307 g/mol. The summed E-state index contributed by atoms with van der Waals surface area (Å²) in [5.74, 6) is 0.772. The fourth-order valence-electron chi connectivity index (χ4n) is 4.08. The number of carbonyl (C=O) groups is 2. The minimum atomic E-state index is -0.409. The lowest BCUT2D eigenvalue weighted by molar-refractivity contribution is -0.133. The normalized spacial score (nSPS) is 27.4. The van der Waals surface area contributed by atoms with E-state index in [2.05, 4.69) is 5.32 Å². The molecule has 22 heavy (non-hydrogen) atoms. The first-order valence-electron chi connectivity index (χ1n) is 9.03. The van der Waals surface area contributed by atoms with Crippen molar-refractivity contribution in [3.63, 3.8) is 0 Å². The fraction of sp³-hybridized carbons (Fsp3) is 0.882.